The van der Waals surface area contributed by atoms with Gasteiger partial charge in [-0.05, 0) is 30.2 Å². The molecule has 1 heterocycles. The van der Waals surface area contributed by atoms with Crippen LogP contribution in [0.4, 0.5) is 0 Å². The first-order chi connectivity index (χ1) is 10.6. The molecule has 2 aromatic carbocycles. The number of ether oxygens (including phenoxy) is 1. The second-order valence-electron chi connectivity index (χ2n) is 5.63. The molecule has 2 unspecified atom stereocenters. The summed E-state index contributed by atoms with van der Waals surface area (Å²) in [5.41, 5.74) is 1.97. The summed E-state index contributed by atoms with van der Waals surface area (Å²) in [6.07, 6.45) is 2.05. The number of ketones is 1. The summed E-state index contributed by atoms with van der Waals surface area (Å²) in [5.74, 6) is -1.82. The van der Waals surface area contributed by atoms with Gasteiger partial charge in [0.25, 0.3) is 0 Å². The van der Waals surface area contributed by atoms with E-state index in [1.54, 1.807) is 0 Å². The second-order valence-corrected chi connectivity index (χ2v) is 5.63. The van der Waals surface area contributed by atoms with Crippen molar-refractivity contribution >= 4 is 5.78 Å². The van der Waals surface area contributed by atoms with Crippen LogP contribution in [0.5, 0.6) is 0 Å². The van der Waals surface area contributed by atoms with E-state index in [9.17, 15) is 9.90 Å². The Morgan fingerprint density at radius 2 is 1.50 bits per heavy atom. The number of hydrogen-bond acceptors (Lipinski definition) is 3. The van der Waals surface area contributed by atoms with Gasteiger partial charge in [0, 0.05) is 5.92 Å². The van der Waals surface area contributed by atoms with Crippen molar-refractivity contribution in [3.63, 3.8) is 0 Å². The molecule has 3 nitrogen and oxygen atoms in total. The molecule has 2 aromatic rings. The van der Waals surface area contributed by atoms with Crippen molar-refractivity contribution in [2.24, 2.45) is 0 Å². The lowest BCUT2D eigenvalue weighted by Gasteiger charge is -2.34. The Balaban J connectivity index is 2.07. The van der Waals surface area contributed by atoms with Crippen molar-refractivity contribution in [2.45, 2.75) is 24.7 Å². The van der Waals surface area contributed by atoms with Gasteiger partial charge >= 0.3 is 0 Å². The van der Waals surface area contributed by atoms with Crippen LogP contribution in [0.15, 0.2) is 72.8 Å². The average Bonchev–Trinajstić information content (AvgIpc) is 2.53. The Morgan fingerprint density at radius 1 is 1.00 bits per heavy atom. The van der Waals surface area contributed by atoms with Crippen molar-refractivity contribution in [1.82, 2.24) is 0 Å². The Labute approximate surface area is 129 Å². The van der Waals surface area contributed by atoms with Crippen LogP contribution in [-0.2, 0) is 9.53 Å². The minimum atomic E-state index is -1.43. The molecule has 0 saturated carbocycles. The van der Waals surface area contributed by atoms with E-state index in [2.05, 4.69) is 0 Å². The predicted molar refractivity (Wildman–Crippen MR) is 84.4 cm³/mol. The van der Waals surface area contributed by atoms with Crippen LogP contribution in [0.25, 0.3) is 0 Å². The molecule has 3 heteroatoms. The van der Waals surface area contributed by atoms with Crippen molar-refractivity contribution in [3.05, 3.63) is 83.9 Å². The molecular weight excluding hydrogens is 276 g/mol. The Morgan fingerprint density at radius 3 is 2.00 bits per heavy atom. The van der Waals surface area contributed by atoms with Gasteiger partial charge in [0.1, 0.15) is 6.10 Å². The molecule has 22 heavy (non-hydrogen) atoms. The molecule has 1 aliphatic heterocycles. The van der Waals surface area contributed by atoms with Gasteiger partial charge in [-0.15, -0.1) is 0 Å². The Kier molecular flexibility index (Phi) is 3.92. The highest BCUT2D eigenvalue weighted by Gasteiger charge is 2.38. The summed E-state index contributed by atoms with van der Waals surface area (Å²) >= 11 is 0. The van der Waals surface area contributed by atoms with Gasteiger partial charge in [-0.25, -0.2) is 0 Å². The van der Waals surface area contributed by atoms with Crippen LogP contribution in [-0.4, -0.2) is 22.8 Å². The smallest absolute Gasteiger partial charge is 0.185 e. The number of aliphatic hydroxyl groups is 1. The molecular formula is C19H18O3. The van der Waals surface area contributed by atoms with E-state index in [0.717, 1.165) is 11.1 Å². The summed E-state index contributed by atoms with van der Waals surface area (Å²) in [6.45, 7) is 1.54. The lowest BCUT2D eigenvalue weighted by atomic mass is 9.83. The van der Waals surface area contributed by atoms with Crippen LogP contribution in [0.3, 0.4) is 0 Å². The van der Waals surface area contributed by atoms with Gasteiger partial charge in [0.15, 0.2) is 11.6 Å². The highest BCUT2D eigenvalue weighted by Crippen LogP contribution is 2.34. The third-order valence-electron chi connectivity index (χ3n) is 3.82. The molecule has 2 atom stereocenters. The lowest BCUT2D eigenvalue weighted by Crippen LogP contribution is -2.43. The highest BCUT2D eigenvalue weighted by molar-refractivity contribution is 5.95. The minimum Gasteiger partial charge on any atom is -0.362 e. The molecule has 0 spiro atoms. The number of carbonyl (C=O) groups is 1. The quantitative estimate of drug-likeness (QED) is 0.946. The van der Waals surface area contributed by atoms with Gasteiger partial charge < -0.3 is 9.84 Å². The zero-order chi connectivity index (χ0) is 15.6. The number of rotatable bonds is 3. The van der Waals surface area contributed by atoms with Crippen molar-refractivity contribution in [3.8, 4) is 0 Å². The maximum Gasteiger partial charge on any atom is 0.185 e. The number of benzene rings is 2. The van der Waals surface area contributed by atoms with Gasteiger partial charge in [0.2, 0.25) is 0 Å². The normalized spacial score (nSPS) is 24.7. The highest BCUT2D eigenvalue weighted by atomic mass is 16.6. The zero-order valence-corrected chi connectivity index (χ0v) is 12.3. The molecule has 1 aliphatic rings. The van der Waals surface area contributed by atoms with E-state index < -0.39 is 11.9 Å². The third kappa shape index (κ3) is 3.01. The van der Waals surface area contributed by atoms with Crippen LogP contribution >= 0.6 is 0 Å². The van der Waals surface area contributed by atoms with Crippen LogP contribution < -0.4 is 0 Å². The fourth-order valence-corrected chi connectivity index (χ4v) is 2.78. The standard InChI is InChI=1S/C19H18O3/c1-19(21)13-12-16(20)18(22-19)17(14-8-4-2-5-9-14)15-10-6-3-7-11-15/h2-13,17-18,21H,1H3. The second kappa shape index (κ2) is 5.87. The third-order valence-corrected chi connectivity index (χ3v) is 3.82. The first kappa shape index (κ1) is 14.7. The van der Waals surface area contributed by atoms with Crippen LogP contribution in [0, 0.1) is 0 Å². The topological polar surface area (TPSA) is 46.5 Å². The van der Waals surface area contributed by atoms with Gasteiger partial charge in [-0.1, -0.05) is 60.7 Å². The van der Waals surface area contributed by atoms with E-state index in [4.69, 9.17) is 4.74 Å². The van der Waals surface area contributed by atoms with Crippen LogP contribution in [0.1, 0.15) is 24.0 Å². The maximum absolute atomic E-state index is 12.3. The van der Waals surface area contributed by atoms with E-state index in [-0.39, 0.29) is 11.7 Å². The SMILES string of the molecule is CC1(O)C=CC(=O)C(C(c2ccccc2)c2ccccc2)O1. The van der Waals surface area contributed by atoms with E-state index in [1.807, 2.05) is 60.7 Å². The predicted octanol–water partition coefficient (Wildman–Crippen LogP) is 3.05. The zero-order valence-electron chi connectivity index (χ0n) is 12.3. The van der Waals surface area contributed by atoms with Crippen molar-refractivity contribution in [2.75, 3.05) is 0 Å². The first-order valence-electron chi connectivity index (χ1n) is 7.30. The number of hydrogen-bond donors (Lipinski definition) is 1. The molecule has 0 radical (unpaired) electrons. The molecule has 0 fully saturated rings. The first-order valence-corrected chi connectivity index (χ1v) is 7.30. The molecule has 3 rings (SSSR count). The van der Waals surface area contributed by atoms with Gasteiger partial charge in [0.05, 0.1) is 0 Å². The van der Waals surface area contributed by atoms with Crippen molar-refractivity contribution in [1.29, 1.82) is 0 Å². The molecule has 0 bridgehead atoms. The lowest BCUT2D eigenvalue weighted by molar-refractivity contribution is -0.195. The van der Waals surface area contributed by atoms with Crippen LogP contribution in [0.2, 0.25) is 0 Å². The van der Waals surface area contributed by atoms with E-state index in [0.29, 0.717) is 0 Å². The average molecular weight is 294 g/mol. The molecule has 1 N–H and O–H groups in total. The van der Waals surface area contributed by atoms with E-state index in [1.165, 1.54) is 19.1 Å². The largest absolute Gasteiger partial charge is 0.362 e. The maximum atomic E-state index is 12.3. The molecule has 0 amide bonds. The summed E-state index contributed by atoms with van der Waals surface area (Å²) in [7, 11) is 0. The molecule has 0 aromatic heterocycles. The summed E-state index contributed by atoms with van der Waals surface area (Å²) < 4.78 is 5.68. The molecule has 0 saturated heterocycles. The molecule has 112 valence electrons. The molecule has 0 aliphatic carbocycles. The van der Waals surface area contributed by atoms with Gasteiger partial charge in [-0.3, -0.25) is 4.79 Å². The summed E-state index contributed by atoms with van der Waals surface area (Å²) in [6, 6.07) is 19.5. The summed E-state index contributed by atoms with van der Waals surface area (Å²) in [5, 5.41) is 10.1. The Bertz CT molecular complexity index is 635. The summed E-state index contributed by atoms with van der Waals surface area (Å²) in [4.78, 5) is 12.3. The fourth-order valence-electron chi connectivity index (χ4n) is 2.78. The Hall–Kier alpha value is -2.23. The number of carbonyl (C=O) groups excluding carboxylic acids is 1. The van der Waals surface area contributed by atoms with Gasteiger partial charge in [-0.2, -0.15) is 0 Å². The van der Waals surface area contributed by atoms with Crippen molar-refractivity contribution < 1.29 is 14.6 Å². The van der Waals surface area contributed by atoms with E-state index >= 15 is 0 Å². The minimum absolute atomic E-state index is 0.135. The monoisotopic (exact) mass is 294 g/mol. The fraction of sp³-hybridized carbons (Fsp3) is 0.211.